The SMILES string of the molecule is CC(=O)c1cnc(C(F)(F)F)nc1.CCCC(CCC)C(Cc1cc(Cl)ccc1F)NC. The lowest BCUT2D eigenvalue weighted by Crippen LogP contribution is -2.35. The minimum atomic E-state index is -4.56. The van der Waals surface area contributed by atoms with E-state index in [1.54, 1.807) is 12.1 Å². The van der Waals surface area contributed by atoms with Gasteiger partial charge in [-0.15, -0.1) is 0 Å². The maximum atomic E-state index is 13.8. The number of nitrogens with zero attached hydrogens (tertiary/aromatic N) is 2. The molecule has 1 aromatic carbocycles. The Hall–Kier alpha value is -2.06. The molecule has 4 nitrogen and oxygen atoms in total. The molecule has 2 aromatic rings. The highest BCUT2D eigenvalue weighted by Gasteiger charge is 2.34. The van der Waals surface area contributed by atoms with Gasteiger partial charge in [0, 0.05) is 23.5 Å². The summed E-state index contributed by atoms with van der Waals surface area (Å²) in [6, 6.07) is 5.12. The Bertz CT molecular complexity index is 838. The fraction of sp³-hybridized carbons (Fsp3) is 0.522. The number of nitrogens with one attached hydrogen (secondary N) is 1. The third kappa shape index (κ3) is 9.20. The predicted molar refractivity (Wildman–Crippen MR) is 118 cm³/mol. The Morgan fingerprint density at radius 2 is 1.69 bits per heavy atom. The van der Waals surface area contributed by atoms with E-state index in [2.05, 4.69) is 29.1 Å². The second-order valence-corrected chi connectivity index (χ2v) is 7.96. The van der Waals surface area contributed by atoms with Crippen LogP contribution < -0.4 is 5.32 Å². The van der Waals surface area contributed by atoms with Crippen LogP contribution in [0, 0.1) is 11.7 Å². The van der Waals surface area contributed by atoms with Gasteiger partial charge >= 0.3 is 6.18 Å². The Labute approximate surface area is 191 Å². The molecular formula is C23H30ClF4N3O. The first-order chi connectivity index (χ1) is 15.0. The highest BCUT2D eigenvalue weighted by Crippen LogP contribution is 2.25. The molecule has 0 aliphatic heterocycles. The monoisotopic (exact) mass is 475 g/mol. The first-order valence-electron chi connectivity index (χ1n) is 10.5. The highest BCUT2D eigenvalue weighted by atomic mass is 35.5. The number of benzene rings is 1. The second kappa shape index (κ2) is 13.5. The predicted octanol–water partition coefficient (Wildman–Crippen LogP) is 6.52. The van der Waals surface area contributed by atoms with Crippen LogP contribution in [0.1, 0.15) is 68.2 Å². The number of likely N-dealkylation sites (N-methyl/N-ethyl adjacent to an activating group) is 1. The maximum Gasteiger partial charge on any atom is 0.451 e. The van der Waals surface area contributed by atoms with Crippen LogP contribution in [0.2, 0.25) is 5.02 Å². The van der Waals surface area contributed by atoms with E-state index in [0.717, 1.165) is 12.4 Å². The molecule has 178 valence electrons. The van der Waals surface area contributed by atoms with E-state index < -0.39 is 12.0 Å². The average Bonchev–Trinajstić information content (AvgIpc) is 2.74. The maximum absolute atomic E-state index is 13.8. The third-order valence-corrected chi connectivity index (χ3v) is 5.25. The molecule has 9 heteroatoms. The van der Waals surface area contributed by atoms with E-state index in [-0.39, 0.29) is 17.2 Å². The number of hydrogen-bond donors (Lipinski definition) is 1. The van der Waals surface area contributed by atoms with Crippen LogP contribution in [-0.4, -0.2) is 28.8 Å². The quantitative estimate of drug-likeness (QED) is 0.331. The number of ketones is 1. The van der Waals surface area contributed by atoms with Gasteiger partial charge in [0.2, 0.25) is 5.82 Å². The van der Waals surface area contributed by atoms with Crippen molar-refractivity contribution in [3.05, 3.63) is 58.4 Å². The number of aromatic nitrogens is 2. The molecule has 2 rings (SSSR count). The fourth-order valence-corrected chi connectivity index (χ4v) is 3.58. The Balaban J connectivity index is 0.000000343. The molecule has 1 heterocycles. The number of hydrogen-bond acceptors (Lipinski definition) is 4. The van der Waals surface area contributed by atoms with Gasteiger partial charge in [0.05, 0.1) is 5.56 Å². The lowest BCUT2D eigenvalue weighted by atomic mass is 9.86. The standard InChI is InChI=1S/C16H25ClFN.C7H5F3N2O/c1-4-6-12(7-5-2)16(19-3)11-13-10-14(17)8-9-15(13)18;1-4(13)5-2-11-6(12-3-5)7(8,9)10/h8-10,12,16,19H,4-7,11H2,1-3H3;2-3H,1H3. The van der Waals surface area contributed by atoms with E-state index in [0.29, 0.717) is 29.0 Å². The number of carbonyl (C=O) groups excluding carboxylic acids is 1. The summed E-state index contributed by atoms with van der Waals surface area (Å²) in [7, 11) is 1.96. The largest absolute Gasteiger partial charge is 0.451 e. The highest BCUT2D eigenvalue weighted by molar-refractivity contribution is 6.30. The zero-order chi connectivity index (χ0) is 24.3. The number of alkyl halides is 3. The molecule has 0 amide bonds. The molecule has 32 heavy (non-hydrogen) atoms. The molecule has 1 unspecified atom stereocenters. The minimum Gasteiger partial charge on any atom is -0.316 e. The smallest absolute Gasteiger partial charge is 0.316 e. The Morgan fingerprint density at radius 3 is 2.12 bits per heavy atom. The number of halogens is 5. The van der Waals surface area contributed by atoms with E-state index in [9.17, 15) is 22.4 Å². The topological polar surface area (TPSA) is 54.9 Å². The zero-order valence-electron chi connectivity index (χ0n) is 18.8. The van der Waals surface area contributed by atoms with Gasteiger partial charge in [-0.2, -0.15) is 13.2 Å². The second-order valence-electron chi connectivity index (χ2n) is 7.52. The molecule has 0 saturated heterocycles. The van der Waals surface area contributed by atoms with Crippen molar-refractivity contribution in [2.45, 2.75) is 65.1 Å². The third-order valence-electron chi connectivity index (χ3n) is 5.02. The van der Waals surface area contributed by atoms with Crippen molar-refractivity contribution >= 4 is 17.4 Å². The molecule has 0 saturated carbocycles. The van der Waals surface area contributed by atoms with Crippen LogP contribution in [0.4, 0.5) is 17.6 Å². The van der Waals surface area contributed by atoms with Crippen molar-refractivity contribution in [3.63, 3.8) is 0 Å². The first-order valence-corrected chi connectivity index (χ1v) is 10.9. The summed E-state index contributed by atoms with van der Waals surface area (Å²) in [6.07, 6.45) is 2.56. The molecule has 0 bridgehead atoms. The molecule has 1 atom stereocenters. The normalized spacial score (nSPS) is 12.3. The van der Waals surface area contributed by atoms with E-state index in [1.807, 2.05) is 7.05 Å². The van der Waals surface area contributed by atoms with Crippen LogP contribution in [-0.2, 0) is 12.6 Å². The average molecular weight is 476 g/mol. The summed E-state index contributed by atoms with van der Waals surface area (Å²) in [6.45, 7) is 5.64. The lowest BCUT2D eigenvalue weighted by molar-refractivity contribution is -0.145. The molecule has 1 N–H and O–H groups in total. The molecule has 0 aliphatic rings. The van der Waals surface area contributed by atoms with E-state index in [1.165, 1.54) is 38.7 Å². The molecule has 1 aromatic heterocycles. The van der Waals surface area contributed by atoms with Crippen molar-refractivity contribution in [2.24, 2.45) is 5.92 Å². The van der Waals surface area contributed by atoms with Crippen LogP contribution >= 0.6 is 11.6 Å². The fourth-order valence-electron chi connectivity index (χ4n) is 3.39. The van der Waals surface area contributed by atoms with E-state index in [4.69, 9.17) is 11.6 Å². The molecule has 0 radical (unpaired) electrons. The van der Waals surface area contributed by atoms with Crippen LogP contribution in [0.15, 0.2) is 30.6 Å². The van der Waals surface area contributed by atoms with Gasteiger partial charge in [-0.05, 0) is 62.9 Å². The number of Topliss-reactive ketones (excluding diaryl/α,β-unsaturated/α-hetero) is 1. The van der Waals surface area contributed by atoms with E-state index >= 15 is 0 Å². The molecule has 0 spiro atoms. The van der Waals surface area contributed by atoms with Crippen molar-refractivity contribution in [1.82, 2.24) is 15.3 Å². The van der Waals surface area contributed by atoms with Gasteiger partial charge in [-0.25, -0.2) is 14.4 Å². The summed E-state index contributed by atoms with van der Waals surface area (Å²) in [5.41, 5.74) is 0.775. The first kappa shape index (κ1) is 28.0. The van der Waals surface area contributed by atoms with Gasteiger partial charge < -0.3 is 5.32 Å². The Kier molecular flexibility index (Phi) is 11.8. The summed E-state index contributed by atoms with van der Waals surface area (Å²) in [4.78, 5) is 16.7. The minimum absolute atomic E-state index is 0.0630. The van der Waals surface area contributed by atoms with Crippen molar-refractivity contribution in [2.75, 3.05) is 7.05 Å². The molecule has 0 fully saturated rings. The Morgan fingerprint density at radius 1 is 1.12 bits per heavy atom. The summed E-state index contributed by atoms with van der Waals surface area (Å²) >= 11 is 5.96. The van der Waals surface area contributed by atoms with Crippen molar-refractivity contribution in [3.8, 4) is 0 Å². The van der Waals surface area contributed by atoms with Gasteiger partial charge in [-0.3, -0.25) is 4.79 Å². The molecular weight excluding hydrogens is 446 g/mol. The van der Waals surface area contributed by atoms with Crippen LogP contribution in [0.3, 0.4) is 0 Å². The molecule has 0 aliphatic carbocycles. The number of rotatable bonds is 9. The van der Waals surface area contributed by atoms with Crippen molar-refractivity contribution in [1.29, 1.82) is 0 Å². The summed E-state index contributed by atoms with van der Waals surface area (Å²) in [5, 5.41) is 3.96. The zero-order valence-corrected chi connectivity index (χ0v) is 19.5. The lowest BCUT2D eigenvalue weighted by Gasteiger charge is -2.27. The van der Waals surface area contributed by atoms with Crippen LogP contribution in [0.25, 0.3) is 0 Å². The summed E-state index contributed by atoms with van der Waals surface area (Å²) < 4.78 is 49.5. The van der Waals surface area contributed by atoms with Crippen LogP contribution in [0.5, 0.6) is 0 Å². The number of carbonyl (C=O) groups is 1. The van der Waals surface area contributed by atoms with Gasteiger partial charge in [-0.1, -0.05) is 38.3 Å². The van der Waals surface area contributed by atoms with Gasteiger partial charge in [0.15, 0.2) is 5.78 Å². The summed E-state index contributed by atoms with van der Waals surface area (Å²) in [5.74, 6) is -1.17. The van der Waals surface area contributed by atoms with Gasteiger partial charge in [0.25, 0.3) is 0 Å². The van der Waals surface area contributed by atoms with Gasteiger partial charge in [0.1, 0.15) is 5.82 Å². The van der Waals surface area contributed by atoms with Crippen molar-refractivity contribution < 1.29 is 22.4 Å².